The van der Waals surface area contributed by atoms with Crippen LogP contribution in [0.25, 0.3) is 0 Å². The molecule has 0 aromatic heterocycles. The van der Waals surface area contributed by atoms with Gasteiger partial charge in [0, 0.05) is 5.56 Å². The Hall–Kier alpha value is -1.59. The molecule has 0 fully saturated rings. The molecule has 0 heterocycles. The molecule has 3 N–H and O–H groups in total. The fourth-order valence-corrected chi connectivity index (χ4v) is 1.88. The summed E-state index contributed by atoms with van der Waals surface area (Å²) in [4.78, 5) is 11.1. The van der Waals surface area contributed by atoms with Crippen molar-refractivity contribution in [2.24, 2.45) is 0 Å². The largest absolute Gasteiger partial charge is 0.493 e. The summed E-state index contributed by atoms with van der Waals surface area (Å²) >= 11 is 0. The van der Waals surface area contributed by atoms with Crippen molar-refractivity contribution in [3.05, 3.63) is 29.8 Å². The van der Waals surface area contributed by atoms with Gasteiger partial charge in [-0.05, 0) is 39.3 Å². The Kier molecular flexibility index (Phi) is 6.48. The van der Waals surface area contributed by atoms with Crippen LogP contribution in [0.3, 0.4) is 0 Å². The van der Waals surface area contributed by atoms with E-state index in [-0.39, 0.29) is 6.61 Å². The highest BCUT2D eigenvalue weighted by Gasteiger charge is 2.30. The first-order chi connectivity index (χ1) is 9.53. The molecule has 1 aromatic carbocycles. The number of carboxylic acids is 1. The molecule has 1 unspecified atom stereocenters. The number of carbonyl (C=O) groups is 1. The maximum atomic E-state index is 11.1. The summed E-state index contributed by atoms with van der Waals surface area (Å²) in [6.07, 6.45) is 2.07. The van der Waals surface area contributed by atoms with Gasteiger partial charge < -0.3 is 20.3 Å². The maximum Gasteiger partial charge on any atom is 0.323 e. The summed E-state index contributed by atoms with van der Waals surface area (Å²) in [5, 5.41) is 21.1. The van der Waals surface area contributed by atoms with Gasteiger partial charge in [0.15, 0.2) is 0 Å². The van der Waals surface area contributed by atoms with Crippen molar-refractivity contribution in [2.45, 2.75) is 38.3 Å². The van der Waals surface area contributed by atoms with Gasteiger partial charge >= 0.3 is 5.97 Å². The molecule has 0 saturated carbocycles. The Morgan fingerprint density at radius 2 is 2.05 bits per heavy atom. The molecule has 0 radical (unpaired) electrons. The Labute approximate surface area is 119 Å². The number of aliphatic hydroxyl groups excluding tert-OH is 1. The van der Waals surface area contributed by atoms with Crippen LogP contribution in [-0.2, 0) is 11.4 Å². The average molecular weight is 281 g/mol. The van der Waals surface area contributed by atoms with Crippen LogP contribution in [0.5, 0.6) is 5.75 Å². The summed E-state index contributed by atoms with van der Waals surface area (Å²) in [7, 11) is 1.65. The zero-order valence-electron chi connectivity index (χ0n) is 12.1. The number of hydrogen-bond donors (Lipinski definition) is 3. The van der Waals surface area contributed by atoms with Crippen LogP contribution < -0.4 is 10.1 Å². The molecule has 0 aliphatic carbocycles. The van der Waals surface area contributed by atoms with Gasteiger partial charge in [-0.15, -0.1) is 0 Å². The lowest BCUT2D eigenvalue weighted by Gasteiger charge is -2.23. The van der Waals surface area contributed by atoms with Gasteiger partial charge in [0.2, 0.25) is 0 Å². The number of aliphatic carboxylic acids is 1. The second kappa shape index (κ2) is 7.87. The number of carboxylic acid groups (broad SMARTS) is 1. The smallest absolute Gasteiger partial charge is 0.323 e. The normalized spacial score (nSPS) is 13.8. The Bertz CT molecular complexity index is 436. The molecule has 1 rings (SSSR count). The van der Waals surface area contributed by atoms with E-state index in [2.05, 4.69) is 5.32 Å². The second-order valence-corrected chi connectivity index (χ2v) is 4.96. The molecular weight excluding hydrogens is 258 g/mol. The Morgan fingerprint density at radius 3 is 2.65 bits per heavy atom. The molecule has 20 heavy (non-hydrogen) atoms. The van der Waals surface area contributed by atoms with E-state index in [9.17, 15) is 4.79 Å². The third-order valence-electron chi connectivity index (χ3n) is 3.50. The average Bonchev–Trinajstić information content (AvgIpc) is 2.46. The van der Waals surface area contributed by atoms with Crippen LogP contribution in [0.15, 0.2) is 24.3 Å². The predicted octanol–water partition coefficient (Wildman–Crippen LogP) is 1.79. The number of para-hydroxylation sites is 1. The van der Waals surface area contributed by atoms with Crippen molar-refractivity contribution in [1.29, 1.82) is 0 Å². The van der Waals surface area contributed by atoms with Gasteiger partial charge in [-0.1, -0.05) is 18.2 Å². The quantitative estimate of drug-likeness (QED) is 0.601. The third-order valence-corrected chi connectivity index (χ3v) is 3.50. The molecule has 0 bridgehead atoms. The number of benzene rings is 1. The minimum atomic E-state index is -0.886. The fraction of sp³-hybridized carbons (Fsp3) is 0.533. The van der Waals surface area contributed by atoms with Crippen LogP contribution in [0, 0.1) is 0 Å². The van der Waals surface area contributed by atoms with Crippen molar-refractivity contribution in [2.75, 3.05) is 13.7 Å². The minimum Gasteiger partial charge on any atom is -0.493 e. The van der Waals surface area contributed by atoms with E-state index in [4.69, 9.17) is 14.9 Å². The monoisotopic (exact) mass is 281 g/mol. The molecule has 5 heteroatoms. The topological polar surface area (TPSA) is 78.8 Å². The molecule has 0 saturated heterocycles. The number of rotatable bonds is 9. The van der Waals surface area contributed by atoms with Gasteiger partial charge in [-0.2, -0.15) is 0 Å². The lowest BCUT2D eigenvalue weighted by molar-refractivity contribution is -0.144. The van der Waals surface area contributed by atoms with Gasteiger partial charge in [0.1, 0.15) is 11.3 Å². The first kappa shape index (κ1) is 16.5. The number of unbranched alkanes of at least 4 members (excludes halogenated alkanes) is 1. The van der Waals surface area contributed by atoms with E-state index in [1.54, 1.807) is 14.0 Å². The van der Waals surface area contributed by atoms with Crippen molar-refractivity contribution < 1.29 is 19.7 Å². The summed E-state index contributed by atoms with van der Waals surface area (Å²) in [5.74, 6) is -0.156. The lowest BCUT2D eigenvalue weighted by atomic mass is 9.95. The van der Waals surface area contributed by atoms with E-state index in [0.29, 0.717) is 18.8 Å². The van der Waals surface area contributed by atoms with Crippen LogP contribution >= 0.6 is 0 Å². The van der Waals surface area contributed by atoms with E-state index < -0.39 is 11.5 Å². The number of aliphatic hydroxyl groups is 1. The van der Waals surface area contributed by atoms with Gasteiger partial charge in [-0.3, -0.25) is 4.79 Å². The molecular formula is C15H23NO4. The zero-order valence-corrected chi connectivity index (χ0v) is 12.1. The Morgan fingerprint density at radius 1 is 1.35 bits per heavy atom. The van der Waals surface area contributed by atoms with Crippen LogP contribution in [0.2, 0.25) is 0 Å². The second-order valence-electron chi connectivity index (χ2n) is 4.96. The molecule has 0 amide bonds. The molecule has 112 valence electrons. The summed E-state index contributed by atoms with van der Waals surface area (Å²) in [6, 6.07) is 7.35. The summed E-state index contributed by atoms with van der Waals surface area (Å²) in [5.41, 5.74) is -0.124. The molecule has 0 aliphatic heterocycles. The van der Waals surface area contributed by atoms with E-state index >= 15 is 0 Å². The van der Waals surface area contributed by atoms with Crippen molar-refractivity contribution in [3.8, 4) is 5.75 Å². The third kappa shape index (κ3) is 4.51. The molecule has 5 nitrogen and oxygen atoms in total. The first-order valence-electron chi connectivity index (χ1n) is 6.77. The maximum absolute atomic E-state index is 11.1. The SMILES string of the molecule is CNC(C)(CCCCOc1ccccc1CO)C(=O)O. The molecule has 0 spiro atoms. The highest BCUT2D eigenvalue weighted by atomic mass is 16.5. The van der Waals surface area contributed by atoms with Gasteiger partial charge in [-0.25, -0.2) is 0 Å². The minimum absolute atomic E-state index is 0.0486. The fourth-order valence-electron chi connectivity index (χ4n) is 1.88. The highest BCUT2D eigenvalue weighted by molar-refractivity contribution is 5.78. The lowest BCUT2D eigenvalue weighted by Crippen LogP contribution is -2.47. The van der Waals surface area contributed by atoms with Gasteiger partial charge in [0.05, 0.1) is 13.2 Å². The standard InChI is InChI=1S/C15H23NO4/c1-15(16-2,14(18)19)9-5-6-10-20-13-8-4-3-7-12(13)11-17/h3-4,7-8,16-17H,5-6,9-11H2,1-2H3,(H,18,19). The van der Waals surface area contributed by atoms with E-state index in [1.807, 2.05) is 24.3 Å². The number of ether oxygens (including phenoxy) is 1. The highest BCUT2D eigenvalue weighted by Crippen LogP contribution is 2.19. The zero-order chi connectivity index (χ0) is 15.0. The van der Waals surface area contributed by atoms with E-state index in [0.717, 1.165) is 18.4 Å². The number of likely N-dealkylation sites (N-methyl/N-ethyl adjacent to an activating group) is 1. The predicted molar refractivity (Wildman–Crippen MR) is 76.8 cm³/mol. The number of hydrogen-bond acceptors (Lipinski definition) is 4. The summed E-state index contributed by atoms with van der Waals surface area (Å²) < 4.78 is 5.61. The molecule has 0 aliphatic rings. The molecule has 1 atom stereocenters. The van der Waals surface area contributed by atoms with Crippen LogP contribution in [-0.4, -0.2) is 35.4 Å². The van der Waals surface area contributed by atoms with Gasteiger partial charge in [0.25, 0.3) is 0 Å². The van der Waals surface area contributed by atoms with Crippen LogP contribution in [0.4, 0.5) is 0 Å². The Balaban J connectivity index is 2.34. The van der Waals surface area contributed by atoms with Crippen molar-refractivity contribution >= 4 is 5.97 Å². The molecule has 1 aromatic rings. The van der Waals surface area contributed by atoms with E-state index in [1.165, 1.54) is 0 Å². The number of nitrogens with one attached hydrogen (secondary N) is 1. The van der Waals surface area contributed by atoms with Crippen molar-refractivity contribution in [1.82, 2.24) is 5.32 Å². The first-order valence-corrected chi connectivity index (χ1v) is 6.77. The summed E-state index contributed by atoms with van der Waals surface area (Å²) in [6.45, 7) is 2.14. The van der Waals surface area contributed by atoms with Crippen LogP contribution in [0.1, 0.15) is 31.7 Å². The van der Waals surface area contributed by atoms with Crippen molar-refractivity contribution in [3.63, 3.8) is 0 Å².